The molecule has 0 unspecified atom stereocenters. The highest BCUT2D eigenvalue weighted by Crippen LogP contribution is 2.27. The zero-order valence-electron chi connectivity index (χ0n) is 19.8. The van der Waals surface area contributed by atoms with Crippen molar-refractivity contribution < 1.29 is 4.79 Å². The minimum absolute atomic E-state index is 0.0974. The first-order valence-electron chi connectivity index (χ1n) is 11.9. The average Bonchev–Trinajstić information content (AvgIpc) is 2.86. The fourth-order valence-electron chi connectivity index (χ4n) is 4.93. The number of fused-ring (bicyclic) bond motifs is 1. The molecule has 6 nitrogen and oxygen atoms in total. The normalized spacial score (nSPS) is 17.9. The number of nitrogen functional groups attached to an aromatic ring is 1. The standard InChI is InChI=1S/C27H35N5O/c1-3-29-30-14-10-20(2)25-18-22(8-9-26(25)28)27(33)31-16-12-24(13-17-31)32-15-11-21-6-4-5-7-23(21)19-32/h3-10,18,24,30H,11-17,19,28H2,1-2H3/b20-10+,29-3-. The van der Waals surface area contributed by atoms with Crippen LogP contribution in [0.15, 0.2) is 53.6 Å². The van der Waals surface area contributed by atoms with E-state index in [0.717, 1.165) is 56.6 Å². The Morgan fingerprint density at radius 3 is 2.67 bits per heavy atom. The van der Waals surface area contributed by atoms with Crippen LogP contribution in [0.4, 0.5) is 5.69 Å². The second-order valence-electron chi connectivity index (χ2n) is 8.95. The number of carbonyl (C=O) groups excluding carboxylic acids is 1. The second-order valence-corrected chi connectivity index (χ2v) is 8.95. The molecule has 33 heavy (non-hydrogen) atoms. The van der Waals surface area contributed by atoms with Crippen molar-refractivity contribution in [3.05, 3.63) is 70.8 Å². The van der Waals surface area contributed by atoms with Gasteiger partial charge in [-0.15, -0.1) is 0 Å². The van der Waals surface area contributed by atoms with Crippen molar-refractivity contribution in [3.8, 4) is 0 Å². The fraction of sp³-hybridized carbons (Fsp3) is 0.407. The van der Waals surface area contributed by atoms with Crippen LogP contribution in [-0.2, 0) is 13.0 Å². The van der Waals surface area contributed by atoms with Gasteiger partial charge in [0.05, 0.1) is 6.54 Å². The van der Waals surface area contributed by atoms with Crippen molar-refractivity contribution in [2.75, 3.05) is 31.9 Å². The van der Waals surface area contributed by atoms with Gasteiger partial charge in [0, 0.05) is 55.2 Å². The zero-order chi connectivity index (χ0) is 23.2. The lowest BCUT2D eigenvalue weighted by Crippen LogP contribution is -2.48. The van der Waals surface area contributed by atoms with E-state index in [4.69, 9.17) is 5.73 Å². The Morgan fingerprint density at radius 1 is 1.15 bits per heavy atom. The predicted molar refractivity (Wildman–Crippen MR) is 136 cm³/mol. The van der Waals surface area contributed by atoms with Crippen molar-refractivity contribution >= 4 is 23.4 Å². The predicted octanol–water partition coefficient (Wildman–Crippen LogP) is 3.93. The van der Waals surface area contributed by atoms with E-state index in [0.29, 0.717) is 23.8 Å². The fourth-order valence-corrected chi connectivity index (χ4v) is 4.93. The van der Waals surface area contributed by atoms with Gasteiger partial charge in [-0.05, 0) is 68.0 Å². The summed E-state index contributed by atoms with van der Waals surface area (Å²) in [7, 11) is 0. The van der Waals surface area contributed by atoms with Gasteiger partial charge < -0.3 is 16.1 Å². The SMILES string of the molecule is C/C=N\NC/C=C(\C)c1cc(C(=O)N2CCC(N3CCc4ccccc4C3)CC2)ccc1N. The Balaban J connectivity index is 1.37. The van der Waals surface area contributed by atoms with Gasteiger partial charge >= 0.3 is 0 Å². The van der Waals surface area contributed by atoms with Gasteiger partial charge in [-0.2, -0.15) is 5.10 Å². The first-order chi connectivity index (χ1) is 16.1. The molecule has 2 aromatic rings. The van der Waals surface area contributed by atoms with Crippen molar-refractivity contribution in [2.24, 2.45) is 5.10 Å². The molecule has 0 radical (unpaired) electrons. The molecule has 4 rings (SSSR count). The Hall–Kier alpha value is -3.12. The summed E-state index contributed by atoms with van der Waals surface area (Å²) in [5.41, 5.74) is 15.4. The number of piperidine rings is 1. The van der Waals surface area contributed by atoms with E-state index in [1.165, 1.54) is 11.1 Å². The number of amides is 1. The van der Waals surface area contributed by atoms with Gasteiger partial charge in [-0.3, -0.25) is 9.69 Å². The highest BCUT2D eigenvalue weighted by Gasteiger charge is 2.29. The molecule has 0 bridgehead atoms. The summed E-state index contributed by atoms with van der Waals surface area (Å²) >= 11 is 0. The van der Waals surface area contributed by atoms with Crippen LogP contribution < -0.4 is 11.2 Å². The van der Waals surface area contributed by atoms with Gasteiger partial charge in [0.2, 0.25) is 0 Å². The number of anilines is 1. The van der Waals surface area contributed by atoms with Crippen LogP contribution in [0.25, 0.3) is 5.57 Å². The van der Waals surface area contributed by atoms with Gasteiger partial charge in [0.15, 0.2) is 0 Å². The molecule has 3 N–H and O–H groups in total. The number of benzene rings is 2. The number of allylic oxidation sites excluding steroid dienone is 1. The summed E-state index contributed by atoms with van der Waals surface area (Å²) in [5, 5.41) is 4.00. The Labute approximate surface area is 197 Å². The van der Waals surface area contributed by atoms with Gasteiger partial charge in [-0.25, -0.2) is 0 Å². The molecule has 0 aliphatic carbocycles. The Bertz CT molecular complexity index is 1040. The topological polar surface area (TPSA) is 74.0 Å². The third-order valence-corrected chi connectivity index (χ3v) is 6.87. The Morgan fingerprint density at radius 2 is 1.91 bits per heavy atom. The molecule has 2 aliphatic rings. The van der Waals surface area contributed by atoms with Gasteiger partial charge in [0.1, 0.15) is 0 Å². The number of nitrogens with zero attached hydrogens (tertiary/aromatic N) is 3. The summed E-state index contributed by atoms with van der Waals surface area (Å²) in [4.78, 5) is 17.9. The third-order valence-electron chi connectivity index (χ3n) is 6.87. The van der Waals surface area contributed by atoms with Crippen molar-refractivity contribution in [1.82, 2.24) is 15.2 Å². The molecule has 0 atom stereocenters. The molecule has 174 valence electrons. The van der Waals surface area contributed by atoms with Crippen LogP contribution in [0.3, 0.4) is 0 Å². The zero-order valence-corrected chi connectivity index (χ0v) is 19.8. The van der Waals surface area contributed by atoms with Crippen molar-refractivity contribution in [1.29, 1.82) is 0 Å². The van der Waals surface area contributed by atoms with Crippen LogP contribution in [0.2, 0.25) is 0 Å². The van der Waals surface area contributed by atoms with E-state index >= 15 is 0 Å². The van der Waals surface area contributed by atoms with Crippen LogP contribution in [0.5, 0.6) is 0 Å². The quantitative estimate of drug-likeness (QED) is 0.306. The summed E-state index contributed by atoms with van der Waals surface area (Å²) in [5.74, 6) is 0.0974. The average molecular weight is 446 g/mol. The molecule has 0 spiro atoms. The molecule has 2 aliphatic heterocycles. The molecule has 1 saturated heterocycles. The largest absolute Gasteiger partial charge is 0.398 e. The second kappa shape index (κ2) is 10.7. The van der Waals surface area contributed by atoms with Gasteiger partial charge in [-0.1, -0.05) is 30.3 Å². The lowest BCUT2D eigenvalue weighted by Gasteiger charge is -2.40. The Kier molecular flexibility index (Phi) is 7.45. The van der Waals surface area contributed by atoms with Gasteiger partial charge in [0.25, 0.3) is 5.91 Å². The number of nitrogens with one attached hydrogen (secondary N) is 1. The van der Waals surface area contributed by atoms with Crippen molar-refractivity contribution in [3.63, 3.8) is 0 Å². The van der Waals surface area contributed by atoms with E-state index in [1.54, 1.807) is 6.21 Å². The van der Waals surface area contributed by atoms with E-state index in [9.17, 15) is 4.79 Å². The van der Waals surface area contributed by atoms with E-state index < -0.39 is 0 Å². The molecule has 6 heteroatoms. The van der Waals surface area contributed by atoms with Crippen molar-refractivity contribution in [2.45, 2.75) is 45.7 Å². The summed E-state index contributed by atoms with van der Waals surface area (Å²) in [6.45, 7) is 8.23. The summed E-state index contributed by atoms with van der Waals surface area (Å²) in [6, 6.07) is 14.9. The maximum Gasteiger partial charge on any atom is 0.253 e. The number of hydrogen-bond acceptors (Lipinski definition) is 5. The van der Waals surface area contributed by atoms with E-state index in [1.807, 2.05) is 43.0 Å². The van der Waals surface area contributed by atoms with Crippen LogP contribution in [0.1, 0.15) is 53.7 Å². The summed E-state index contributed by atoms with van der Waals surface area (Å²) in [6.07, 6.45) is 6.92. The molecule has 0 saturated carbocycles. The minimum atomic E-state index is 0.0974. The highest BCUT2D eigenvalue weighted by molar-refractivity contribution is 5.96. The lowest BCUT2D eigenvalue weighted by atomic mass is 9.95. The number of likely N-dealkylation sites (tertiary alicyclic amines) is 1. The minimum Gasteiger partial charge on any atom is -0.398 e. The first-order valence-corrected chi connectivity index (χ1v) is 11.9. The number of hydrazone groups is 1. The molecule has 0 aromatic heterocycles. The first kappa shape index (κ1) is 23.1. The lowest BCUT2D eigenvalue weighted by molar-refractivity contribution is 0.0599. The van der Waals surface area contributed by atoms with Crippen LogP contribution in [-0.4, -0.2) is 54.1 Å². The smallest absolute Gasteiger partial charge is 0.253 e. The molecular formula is C27H35N5O. The molecule has 1 amide bonds. The third kappa shape index (κ3) is 5.45. The number of nitrogens with two attached hydrogens (primary N) is 1. The molecular weight excluding hydrogens is 410 g/mol. The molecule has 2 heterocycles. The molecule has 1 fully saturated rings. The summed E-state index contributed by atoms with van der Waals surface area (Å²) < 4.78 is 0. The van der Waals surface area contributed by atoms with Crippen LogP contribution in [0, 0.1) is 0 Å². The maximum absolute atomic E-state index is 13.3. The van der Waals surface area contributed by atoms with Crippen LogP contribution >= 0.6 is 0 Å². The maximum atomic E-state index is 13.3. The monoisotopic (exact) mass is 445 g/mol. The molecule has 2 aromatic carbocycles. The van der Waals surface area contributed by atoms with E-state index in [-0.39, 0.29) is 5.91 Å². The number of carbonyl (C=O) groups is 1. The highest BCUT2D eigenvalue weighted by atomic mass is 16.2. The number of rotatable bonds is 6. The van der Waals surface area contributed by atoms with E-state index in [2.05, 4.69) is 39.7 Å². The number of hydrogen-bond donors (Lipinski definition) is 2.